The summed E-state index contributed by atoms with van der Waals surface area (Å²) >= 11 is 0. The molecular formula is C43H51N9O4. The van der Waals surface area contributed by atoms with Crippen molar-refractivity contribution in [1.29, 1.82) is 0 Å². The lowest BCUT2D eigenvalue weighted by Crippen LogP contribution is -2.55. The molecule has 3 aromatic heterocycles. The second-order valence-electron chi connectivity index (χ2n) is 16.3. The summed E-state index contributed by atoms with van der Waals surface area (Å²) in [5.41, 5.74) is 14.2. The smallest absolute Gasteiger partial charge is 0.404 e. The first kappa shape index (κ1) is 37.3. The van der Waals surface area contributed by atoms with E-state index in [-0.39, 0.29) is 29.2 Å². The third-order valence-electron chi connectivity index (χ3n) is 11.4. The summed E-state index contributed by atoms with van der Waals surface area (Å²) in [7, 11) is 1.99. The van der Waals surface area contributed by atoms with Crippen molar-refractivity contribution >= 4 is 33.8 Å². The fraction of sp³-hybridized carbons (Fsp3) is 0.372. The van der Waals surface area contributed by atoms with Crippen molar-refractivity contribution in [3.05, 3.63) is 119 Å². The summed E-state index contributed by atoms with van der Waals surface area (Å²) in [5, 5.41) is 19.4. The van der Waals surface area contributed by atoms with Crippen LogP contribution < -0.4 is 16.4 Å². The highest BCUT2D eigenvalue weighted by atomic mass is 16.5. The largest absolute Gasteiger partial charge is 0.508 e. The normalized spacial score (nSPS) is 17.1. The van der Waals surface area contributed by atoms with Crippen LogP contribution >= 0.6 is 0 Å². The Bertz CT molecular complexity index is 2400. The second-order valence-corrected chi connectivity index (χ2v) is 16.3. The molecule has 0 spiro atoms. The first-order valence-corrected chi connectivity index (χ1v) is 19.3. The van der Waals surface area contributed by atoms with Crippen LogP contribution in [0.3, 0.4) is 0 Å². The zero-order valence-electron chi connectivity index (χ0n) is 32.5. The van der Waals surface area contributed by atoms with Gasteiger partial charge in [0.25, 0.3) is 5.91 Å². The van der Waals surface area contributed by atoms with Crippen LogP contribution in [-0.4, -0.2) is 84.8 Å². The minimum Gasteiger partial charge on any atom is -0.508 e. The Hall–Kier alpha value is -5.63. The molecule has 56 heavy (non-hydrogen) atoms. The Labute approximate surface area is 326 Å². The maximum absolute atomic E-state index is 13.0. The SMILES string of the molecule is Cn1cnc(Cn2cc(CN3CCN(C(COC(N)=O)C(C)(C)C)CC3)c3ccc(CNCc4[nH]c5ccccc5c4C4NC(=O)c5ccc(O)cc54)cc32)c1. The maximum Gasteiger partial charge on any atom is 0.404 e. The van der Waals surface area contributed by atoms with Gasteiger partial charge in [-0.05, 0) is 52.4 Å². The standard InChI is InChI=1S/C43H51N9O4/c1-43(2,3)38(25-56-42(44)55)51-15-13-50(14-16-51)21-28-22-52(24-29-23-49(4)26-46-29)37-17-27(9-11-31(28)37)19-45-20-36-39(33-7-5-6-8-35(33)47-36)40-34-18-30(53)10-12-32(34)41(54)48-40/h5-12,17-18,22-23,26,38,40,45,47,53H,13-16,19-21,24-25H2,1-4H3,(H2,44,55)(H,48,54). The molecule has 0 radical (unpaired) electrons. The van der Waals surface area contributed by atoms with Crippen molar-refractivity contribution in [1.82, 2.24) is 39.5 Å². The van der Waals surface area contributed by atoms with Crippen molar-refractivity contribution in [2.45, 2.75) is 59.0 Å². The van der Waals surface area contributed by atoms with Gasteiger partial charge in [-0.25, -0.2) is 9.78 Å². The van der Waals surface area contributed by atoms with Crippen LogP contribution in [0.2, 0.25) is 0 Å². The molecule has 3 aromatic carbocycles. The number of carbonyl (C=O) groups is 2. The van der Waals surface area contributed by atoms with Crippen LogP contribution in [0.5, 0.6) is 5.75 Å². The molecule has 13 heteroatoms. The number of nitrogens with zero attached hydrogens (tertiary/aromatic N) is 5. The number of carbonyl (C=O) groups excluding carboxylic acids is 2. The third kappa shape index (κ3) is 7.62. The Kier molecular flexibility index (Phi) is 10.1. The van der Waals surface area contributed by atoms with Gasteiger partial charge >= 0.3 is 6.09 Å². The number of ether oxygens (including phenoxy) is 1. The predicted octanol–water partition coefficient (Wildman–Crippen LogP) is 5.36. The Morgan fingerprint density at radius 1 is 1.02 bits per heavy atom. The number of imidazole rings is 1. The molecule has 2 aliphatic heterocycles. The van der Waals surface area contributed by atoms with Crippen molar-refractivity contribution in [2.24, 2.45) is 18.2 Å². The summed E-state index contributed by atoms with van der Waals surface area (Å²) in [4.78, 5) is 37.5. The van der Waals surface area contributed by atoms with E-state index in [0.717, 1.165) is 77.2 Å². The van der Waals surface area contributed by atoms with E-state index in [1.807, 2.05) is 36.1 Å². The Balaban J connectivity index is 1.01. The summed E-state index contributed by atoms with van der Waals surface area (Å²) in [6.45, 7) is 13.1. The van der Waals surface area contributed by atoms with E-state index >= 15 is 0 Å². The van der Waals surface area contributed by atoms with Crippen LogP contribution in [0.4, 0.5) is 4.79 Å². The quantitative estimate of drug-likeness (QED) is 0.112. The van der Waals surface area contributed by atoms with Crippen LogP contribution in [0, 0.1) is 5.41 Å². The molecule has 6 aromatic rings. The third-order valence-corrected chi connectivity index (χ3v) is 11.4. The van der Waals surface area contributed by atoms with Gasteiger partial charge in [-0.2, -0.15) is 0 Å². The number of para-hydroxylation sites is 1. The van der Waals surface area contributed by atoms with E-state index in [1.165, 1.54) is 10.9 Å². The van der Waals surface area contributed by atoms with Gasteiger partial charge in [-0.1, -0.05) is 51.1 Å². The van der Waals surface area contributed by atoms with Crippen molar-refractivity contribution < 1.29 is 19.4 Å². The van der Waals surface area contributed by atoms with Gasteiger partial charge in [0, 0.05) is 110 Å². The van der Waals surface area contributed by atoms with Crippen LogP contribution in [0.1, 0.15) is 70.8 Å². The minimum absolute atomic E-state index is 0.0639. The van der Waals surface area contributed by atoms with E-state index in [4.69, 9.17) is 10.5 Å². The molecule has 6 N–H and O–H groups in total. The monoisotopic (exact) mass is 757 g/mol. The highest BCUT2D eigenvalue weighted by Gasteiger charge is 2.35. The number of aryl methyl sites for hydroxylation is 1. The van der Waals surface area contributed by atoms with E-state index < -0.39 is 6.09 Å². The number of phenolic OH excluding ortho intramolecular Hbond substituents is 1. The number of aromatic hydroxyl groups is 1. The number of aromatic nitrogens is 4. The first-order valence-electron chi connectivity index (χ1n) is 19.3. The van der Waals surface area contributed by atoms with Gasteiger partial charge in [-0.3, -0.25) is 14.6 Å². The average molecular weight is 758 g/mol. The van der Waals surface area contributed by atoms with Crippen LogP contribution in [0.25, 0.3) is 21.8 Å². The predicted molar refractivity (Wildman–Crippen MR) is 216 cm³/mol. The Morgan fingerprint density at radius 3 is 2.57 bits per heavy atom. The van der Waals surface area contributed by atoms with Crippen LogP contribution in [-0.2, 0) is 38.0 Å². The summed E-state index contributed by atoms with van der Waals surface area (Å²) < 4.78 is 9.56. The van der Waals surface area contributed by atoms with Crippen molar-refractivity contribution in [3.8, 4) is 5.75 Å². The zero-order valence-corrected chi connectivity index (χ0v) is 32.5. The number of nitrogens with two attached hydrogens (primary N) is 1. The number of primary amides is 1. The average Bonchev–Trinajstić information content (AvgIpc) is 3.91. The molecule has 8 rings (SSSR count). The number of fused-ring (bicyclic) bond motifs is 3. The summed E-state index contributed by atoms with van der Waals surface area (Å²) in [6.07, 6.45) is 5.46. The minimum atomic E-state index is -0.730. The molecule has 0 saturated carbocycles. The summed E-state index contributed by atoms with van der Waals surface area (Å²) in [5.74, 6) is -0.00338. The lowest BCUT2D eigenvalue weighted by molar-refractivity contribution is 0.00699. The van der Waals surface area contributed by atoms with Gasteiger partial charge in [0.05, 0.1) is 24.6 Å². The van der Waals surface area contributed by atoms with Gasteiger partial charge in [0.2, 0.25) is 0 Å². The molecule has 2 aliphatic rings. The lowest BCUT2D eigenvalue weighted by atomic mass is 9.85. The number of benzene rings is 3. The molecular weight excluding hydrogens is 707 g/mol. The molecule has 2 unspecified atom stereocenters. The van der Waals surface area contributed by atoms with E-state index in [1.54, 1.807) is 18.2 Å². The number of piperazine rings is 1. The number of aromatic amines is 1. The highest BCUT2D eigenvalue weighted by Crippen LogP contribution is 2.38. The van der Waals surface area contributed by atoms with Gasteiger partial charge in [0.1, 0.15) is 12.4 Å². The van der Waals surface area contributed by atoms with Gasteiger partial charge in [0.15, 0.2) is 0 Å². The number of phenols is 1. The molecule has 2 atom stereocenters. The highest BCUT2D eigenvalue weighted by molar-refractivity contribution is 6.01. The molecule has 0 bridgehead atoms. The fourth-order valence-electron chi connectivity index (χ4n) is 8.57. The maximum atomic E-state index is 13.0. The lowest BCUT2D eigenvalue weighted by Gasteiger charge is -2.44. The fourth-order valence-corrected chi connectivity index (χ4v) is 8.57. The second kappa shape index (κ2) is 15.1. The molecule has 0 aliphatic carbocycles. The van der Waals surface area contributed by atoms with Crippen molar-refractivity contribution in [2.75, 3.05) is 32.8 Å². The van der Waals surface area contributed by atoms with Gasteiger partial charge < -0.3 is 40.3 Å². The van der Waals surface area contributed by atoms with Crippen molar-refractivity contribution in [3.63, 3.8) is 0 Å². The van der Waals surface area contributed by atoms with E-state index in [9.17, 15) is 14.7 Å². The number of hydrogen-bond acceptors (Lipinski definition) is 8. The summed E-state index contributed by atoms with van der Waals surface area (Å²) in [6, 6.07) is 19.5. The number of rotatable bonds is 12. The molecule has 1 fully saturated rings. The number of hydrogen-bond donors (Lipinski definition) is 5. The number of H-pyrrole nitrogens is 1. The van der Waals surface area contributed by atoms with E-state index in [2.05, 4.69) is 92.4 Å². The van der Waals surface area contributed by atoms with Gasteiger partial charge in [-0.15, -0.1) is 0 Å². The molecule has 13 nitrogen and oxygen atoms in total. The first-order chi connectivity index (χ1) is 26.9. The molecule has 1 saturated heterocycles. The van der Waals surface area contributed by atoms with Crippen LogP contribution in [0.15, 0.2) is 79.4 Å². The molecule has 292 valence electrons. The Morgan fingerprint density at radius 2 is 1.82 bits per heavy atom. The molecule has 5 heterocycles. The topological polar surface area (TPSA) is 159 Å². The van der Waals surface area contributed by atoms with E-state index in [0.29, 0.717) is 31.8 Å². The molecule has 2 amide bonds. The number of nitrogens with one attached hydrogen (secondary N) is 3. The number of amides is 2. The zero-order chi connectivity index (χ0) is 39.1.